The first-order valence-electron chi connectivity index (χ1n) is 18.9. The number of carbonyl (C=O) groups excluding carboxylic acids is 5. The molecule has 5 aromatic rings. The number of amides is 5. The summed E-state index contributed by atoms with van der Waals surface area (Å²) in [6, 6.07) is 8.52. The quantitative estimate of drug-likeness (QED) is 0.0853. The number of anilines is 4. The first kappa shape index (κ1) is 39.2. The summed E-state index contributed by atoms with van der Waals surface area (Å²) in [6.07, 6.45) is 9.66. The Bertz CT molecular complexity index is 2660. The molecule has 0 unspecified atom stereocenters. The molecular formula is C40H39ClFN11O6. The van der Waals surface area contributed by atoms with Crippen molar-refractivity contribution < 1.29 is 33.1 Å². The molecule has 0 atom stereocenters. The highest BCUT2D eigenvalue weighted by Gasteiger charge is 2.38. The minimum atomic E-state index is -0.651. The van der Waals surface area contributed by atoms with Crippen LogP contribution in [0.3, 0.4) is 0 Å². The second-order valence-electron chi connectivity index (χ2n) is 15.7. The number of aromatic nitrogens is 6. The monoisotopic (exact) mass is 823 g/mol. The van der Waals surface area contributed by atoms with Gasteiger partial charge in [0.25, 0.3) is 11.8 Å². The van der Waals surface area contributed by atoms with E-state index in [9.17, 15) is 28.4 Å². The van der Waals surface area contributed by atoms with Crippen LogP contribution in [0.15, 0.2) is 53.9 Å². The zero-order chi connectivity index (χ0) is 41.7. The van der Waals surface area contributed by atoms with E-state index in [0.717, 1.165) is 37.1 Å². The highest BCUT2D eigenvalue weighted by atomic mass is 35.5. The molecule has 4 N–H and O–H groups in total. The summed E-state index contributed by atoms with van der Waals surface area (Å²) in [5.41, 5.74) is 3.26. The fraction of sp³-hybridized carbons (Fsp3) is 0.325. The number of benzene rings is 1. The summed E-state index contributed by atoms with van der Waals surface area (Å²) >= 11 is 6.24. The maximum Gasteiger partial charge on any atom is 0.416 e. The molecule has 4 fully saturated rings. The van der Waals surface area contributed by atoms with E-state index in [1.165, 1.54) is 16.8 Å². The van der Waals surface area contributed by atoms with Crippen LogP contribution in [0.2, 0.25) is 5.15 Å². The Morgan fingerprint density at radius 1 is 0.898 bits per heavy atom. The molecule has 4 aromatic heterocycles. The highest BCUT2D eigenvalue weighted by Crippen LogP contribution is 2.35. The van der Waals surface area contributed by atoms with Gasteiger partial charge < -0.3 is 15.4 Å². The summed E-state index contributed by atoms with van der Waals surface area (Å²) in [5.74, 6) is -0.309. The number of rotatable bonds is 8. The Balaban J connectivity index is 0.000000164. The van der Waals surface area contributed by atoms with Crippen LogP contribution in [0.25, 0.3) is 23.4 Å². The number of carbonyl (C=O) groups is 5. The number of fused-ring (bicyclic) bond motifs is 2. The number of imide groups is 2. The minimum absolute atomic E-state index is 0.00393. The van der Waals surface area contributed by atoms with Crippen molar-refractivity contribution in [3.8, 4) is 0 Å². The molecule has 0 radical (unpaired) electrons. The molecule has 304 valence electrons. The Hall–Kier alpha value is -6.69. The van der Waals surface area contributed by atoms with Gasteiger partial charge in [-0.15, -0.1) is 0 Å². The second kappa shape index (κ2) is 15.2. The third kappa shape index (κ3) is 8.76. The third-order valence-electron chi connectivity index (χ3n) is 9.46. The lowest BCUT2D eigenvalue weighted by atomic mass is 10.1. The summed E-state index contributed by atoms with van der Waals surface area (Å²) < 4.78 is 23.0. The number of nitrogens with zero attached hydrogens (tertiary/aromatic N) is 7. The van der Waals surface area contributed by atoms with Gasteiger partial charge in [0.2, 0.25) is 11.8 Å². The van der Waals surface area contributed by atoms with E-state index in [0.29, 0.717) is 56.9 Å². The van der Waals surface area contributed by atoms with Gasteiger partial charge in [-0.3, -0.25) is 34.7 Å². The van der Waals surface area contributed by atoms with Crippen molar-refractivity contribution in [3.05, 3.63) is 81.5 Å². The lowest BCUT2D eigenvalue weighted by Crippen LogP contribution is -2.39. The molecule has 19 heteroatoms. The number of hydrogen-bond acceptors (Lipinski definition) is 12. The van der Waals surface area contributed by atoms with Crippen LogP contribution in [0.1, 0.15) is 76.0 Å². The number of ether oxygens (including phenoxy) is 1. The minimum Gasteiger partial charge on any atom is -0.443 e. The van der Waals surface area contributed by atoms with Gasteiger partial charge in [0.1, 0.15) is 34.0 Å². The van der Waals surface area contributed by atoms with Crippen LogP contribution in [-0.4, -0.2) is 76.6 Å². The smallest absolute Gasteiger partial charge is 0.416 e. The first-order valence-corrected chi connectivity index (χ1v) is 19.3. The zero-order valence-corrected chi connectivity index (χ0v) is 33.2. The van der Waals surface area contributed by atoms with Crippen LogP contribution in [-0.2, 0) is 23.9 Å². The van der Waals surface area contributed by atoms with Gasteiger partial charge >= 0.3 is 6.09 Å². The SMILES string of the molecule is CC(C)(C)OC(=O)N(c1cc(Cl)nc2c(/C=C3\CC(=O)NC3=O)cnn12)C1CC1.Cc1ccc(F)c(Nc2cc(NC3CC3)n3ncc(/C=C4\CC(=O)NC4=O)c3n2)c1. The Labute approximate surface area is 341 Å². The van der Waals surface area contributed by atoms with Crippen LogP contribution in [0.4, 0.5) is 32.3 Å². The number of nitrogens with one attached hydrogen (secondary N) is 4. The molecule has 2 saturated heterocycles. The van der Waals surface area contributed by atoms with Crippen molar-refractivity contribution in [1.82, 2.24) is 39.8 Å². The molecular weight excluding hydrogens is 785 g/mol. The van der Waals surface area contributed by atoms with Crippen molar-refractivity contribution in [2.24, 2.45) is 0 Å². The topological polar surface area (TPSA) is 206 Å². The van der Waals surface area contributed by atoms with Gasteiger partial charge in [0, 0.05) is 46.5 Å². The van der Waals surface area contributed by atoms with Crippen molar-refractivity contribution in [1.29, 1.82) is 0 Å². The number of aryl methyl sites for hydroxylation is 1. The molecule has 59 heavy (non-hydrogen) atoms. The number of halogens is 2. The standard InChI is InChI=1S/C21H19FN6O2.C19H20ClN5O4/c1-11-2-5-15(22)16(6-11)25-17-9-18(24-14-3-4-14)28-20(26-17)13(10-23-28)7-12-8-19(29)27-21(12)30;1-19(2,3)29-18(28)24(12-4-5-12)15-8-13(20)22-16-11(9-21-25(15)16)6-10-7-14(26)23-17(10)27/h2,5-7,9-10,14,24H,3-4,8H2,1H3,(H,25,26)(H,27,29,30);6,8-9,12H,4-5,7H2,1-3H3,(H,23,26,27)/b12-7+;10-6+. The van der Waals surface area contributed by atoms with E-state index < -0.39 is 23.5 Å². The molecule has 0 bridgehead atoms. The van der Waals surface area contributed by atoms with Gasteiger partial charge in [-0.2, -0.15) is 19.2 Å². The van der Waals surface area contributed by atoms with Gasteiger partial charge in [0.15, 0.2) is 11.3 Å². The van der Waals surface area contributed by atoms with E-state index in [1.54, 1.807) is 72.8 Å². The van der Waals surface area contributed by atoms with Gasteiger partial charge in [-0.1, -0.05) is 17.7 Å². The summed E-state index contributed by atoms with van der Waals surface area (Å²) in [4.78, 5) is 70.0. The predicted molar refractivity (Wildman–Crippen MR) is 215 cm³/mol. The maximum atomic E-state index is 14.3. The van der Waals surface area contributed by atoms with Crippen molar-refractivity contribution >= 4 is 87.9 Å². The molecule has 6 heterocycles. The van der Waals surface area contributed by atoms with Gasteiger partial charge in [0.05, 0.1) is 30.9 Å². The van der Waals surface area contributed by atoms with E-state index in [1.807, 2.05) is 6.92 Å². The molecule has 4 aliphatic rings. The molecule has 2 aliphatic heterocycles. The average molecular weight is 824 g/mol. The van der Waals surface area contributed by atoms with Crippen molar-refractivity contribution in [2.75, 3.05) is 15.5 Å². The van der Waals surface area contributed by atoms with Crippen molar-refractivity contribution in [2.45, 2.75) is 83.9 Å². The fourth-order valence-corrected chi connectivity index (χ4v) is 6.64. The molecule has 5 amide bonds. The maximum absolute atomic E-state index is 14.3. The Morgan fingerprint density at radius 2 is 1.51 bits per heavy atom. The molecule has 1 aromatic carbocycles. The van der Waals surface area contributed by atoms with E-state index in [-0.39, 0.29) is 41.7 Å². The Morgan fingerprint density at radius 3 is 2.07 bits per heavy atom. The lowest BCUT2D eigenvalue weighted by molar-refractivity contribution is -0.125. The van der Waals surface area contributed by atoms with Crippen molar-refractivity contribution in [3.63, 3.8) is 0 Å². The molecule has 2 aliphatic carbocycles. The molecule has 17 nitrogen and oxygen atoms in total. The average Bonchev–Trinajstić information content (AvgIpc) is 4.02. The summed E-state index contributed by atoms with van der Waals surface area (Å²) in [7, 11) is 0. The predicted octanol–water partition coefficient (Wildman–Crippen LogP) is 5.64. The zero-order valence-electron chi connectivity index (χ0n) is 32.4. The highest BCUT2D eigenvalue weighted by molar-refractivity contribution is 6.30. The van der Waals surface area contributed by atoms with E-state index >= 15 is 0 Å². The van der Waals surface area contributed by atoms with E-state index in [2.05, 4.69) is 41.4 Å². The lowest BCUT2D eigenvalue weighted by Gasteiger charge is -2.27. The van der Waals surface area contributed by atoms with Crippen LogP contribution < -0.4 is 26.2 Å². The summed E-state index contributed by atoms with van der Waals surface area (Å²) in [5, 5.41) is 19.9. The Kier molecular flexibility index (Phi) is 10.1. The van der Waals surface area contributed by atoms with Crippen LogP contribution in [0.5, 0.6) is 0 Å². The van der Waals surface area contributed by atoms with Crippen LogP contribution >= 0.6 is 11.6 Å². The molecule has 2 saturated carbocycles. The number of hydrogen-bond donors (Lipinski definition) is 4. The van der Waals surface area contributed by atoms with Gasteiger partial charge in [-0.05, 0) is 83.2 Å². The van der Waals surface area contributed by atoms with E-state index in [4.69, 9.17) is 16.3 Å². The molecule has 0 spiro atoms. The molecule has 9 rings (SSSR count). The third-order valence-corrected chi connectivity index (χ3v) is 9.66. The fourth-order valence-electron chi connectivity index (χ4n) is 6.46. The summed E-state index contributed by atoms with van der Waals surface area (Å²) in [6.45, 7) is 7.29. The second-order valence-corrected chi connectivity index (χ2v) is 16.1. The normalized spacial score (nSPS) is 18.0. The largest absolute Gasteiger partial charge is 0.443 e. The van der Waals surface area contributed by atoms with Crippen LogP contribution in [0, 0.1) is 12.7 Å². The first-order chi connectivity index (χ1) is 28.1. The van der Waals surface area contributed by atoms with Gasteiger partial charge in [-0.25, -0.2) is 19.2 Å².